The normalized spacial score (nSPS) is 12.5. The monoisotopic (exact) mass is 180 g/mol. The molecule has 0 spiro atoms. The van der Waals surface area contributed by atoms with Crippen molar-refractivity contribution in [1.82, 2.24) is 0 Å². The highest BCUT2D eigenvalue weighted by atomic mass is 31.1. The second kappa shape index (κ2) is 6.38. The molecule has 1 atom stereocenters. The Bertz CT molecular complexity index is 130. The number of carbonyl (C=O) groups excluding carboxylic acids is 1. The predicted molar refractivity (Wildman–Crippen MR) is 42.1 cm³/mol. The van der Waals surface area contributed by atoms with Crippen LogP contribution in [0.3, 0.4) is 0 Å². The van der Waals surface area contributed by atoms with Crippen LogP contribution in [0, 0.1) is 0 Å². The van der Waals surface area contributed by atoms with Crippen molar-refractivity contribution < 1.29 is 18.6 Å². The zero-order valence-corrected chi connectivity index (χ0v) is 7.75. The maximum Gasteiger partial charge on any atom is 0.305 e. The van der Waals surface area contributed by atoms with Gasteiger partial charge < -0.3 is 9.26 Å². The van der Waals surface area contributed by atoms with Crippen LogP contribution in [0.4, 0.5) is 0 Å². The summed E-state index contributed by atoms with van der Waals surface area (Å²) in [5.41, 5.74) is 0. The van der Waals surface area contributed by atoms with Crippen molar-refractivity contribution in [3.8, 4) is 0 Å². The van der Waals surface area contributed by atoms with Gasteiger partial charge in [0.2, 0.25) is 0 Å². The maximum absolute atomic E-state index is 10.7. The average Bonchev–Trinajstić information content (AvgIpc) is 2.04. The van der Waals surface area contributed by atoms with Gasteiger partial charge in [-0.2, -0.15) is 0 Å². The van der Waals surface area contributed by atoms with Crippen LogP contribution in [0.15, 0.2) is 0 Å². The van der Waals surface area contributed by atoms with Crippen LogP contribution in [0.25, 0.3) is 0 Å². The third-order valence-corrected chi connectivity index (χ3v) is 2.43. The summed E-state index contributed by atoms with van der Waals surface area (Å²) >= 11 is 0. The van der Waals surface area contributed by atoms with Crippen LogP contribution >= 0.6 is 8.03 Å². The number of ether oxygens (including phenoxy) is 1. The molecule has 0 aromatic carbocycles. The zero-order chi connectivity index (χ0) is 8.69. The molecule has 0 aliphatic heterocycles. The summed E-state index contributed by atoms with van der Waals surface area (Å²) in [6, 6.07) is 0. The first kappa shape index (κ1) is 10.7. The van der Waals surface area contributed by atoms with Gasteiger partial charge >= 0.3 is 5.97 Å². The first-order valence-electron chi connectivity index (χ1n) is 3.34. The molecule has 0 aromatic rings. The largest absolute Gasteiger partial charge is 0.469 e. The van der Waals surface area contributed by atoms with Gasteiger partial charge in [-0.25, -0.2) is 0 Å². The molecule has 4 nitrogen and oxygen atoms in total. The van der Waals surface area contributed by atoms with Crippen LogP contribution in [-0.4, -0.2) is 26.4 Å². The van der Waals surface area contributed by atoms with Crippen molar-refractivity contribution in [2.45, 2.75) is 12.8 Å². The molecule has 0 amide bonds. The van der Waals surface area contributed by atoms with E-state index in [0.717, 1.165) is 0 Å². The molecule has 0 aromatic heterocycles. The van der Waals surface area contributed by atoms with Crippen molar-refractivity contribution in [2.24, 2.45) is 0 Å². The third-order valence-electron chi connectivity index (χ3n) is 1.22. The summed E-state index contributed by atoms with van der Waals surface area (Å²) in [5.74, 6) is -0.268. The van der Waals surface area contributed by atoms with Gasteiger partial charge in [0.05, 0.1) is 7.11 Å². The Labute approximate surface area is 66.7 Å². The summed E-state index contributed by atoms with van der Waals surface area (Å²) in [5, 5.41) is 0. The van der Waals surface area contributed by atoms with Crippen LogP contribution in [0.1, 0.15) is 12.8 Å². The highest BCUT2D eigenvalue weighted by Gasteiger charge is 2.01. The van der Waals surface area contributed by atoms with E-state index in [2.05, 4.69) is 9.26 Å². The van der Waals surface area contributed by atoms with Gasteiger partial charge in [0, 0.05) is 19.7 Å². The SMILES string of the molecule is COC(=O)CCC[PH](=O)OC. The molecule has 0 rings (SSSR count). The Morgan fingerprint density at radius 1 is 1.45 bits per heavy atom. The van der Waals surface area contributed by atoms with Crippen LogP contribution in [0.5, 0.6) is 0 Å². The van der Waals surface area contributed by atoms with E-state index in [1.165, 1.54) is 14.2 Å². The minimum atomic E-state index is -1.89. The van der Waals surface area contributed by atoms with Crippen LogP contribution in [0.2, 0.25) is 0 Å². The van der Waals surface area contributed by atoms with Gasteiger partial charge in [-0.1, -0.05) is 0 Å². The summed E-state index contributed by atoms with van der Waals surface area (Å²) in [6.45, 7) is 0. The summed E-state index contributed by atoms with van der Waals surface area (Å²) < 4.78 is 19.6. The van der Waals surface area contributed by atoms with Crippen molar-refractivity contribution >= 4 is 14.0 Å². The van der Waals surface area contributed by atoms with E-state index in [0.29, 0.717) is 19.0 Å². The van der Waals surface area contributed by atoms with Gasteiger partial charge in [0.25, 0.3) is 0 Å². The van der Waals surface area contributed by atoms with E-state index in [-0.39, 0.29) is 5.97 Å². The van der Waals surface area contributed by atoms with Gasteiger partial charge in [-0.3, -0.25) is 9.36 Å². The van der Waals surface area contributed by atoms with Gasteiger partial charge in [0.15, 0.2) is 8.03 Å². The van der Waals surface area contributed by atoms with Gasteiger partial charge in [-0.15, -0.1) is 0 Å². The molecule has 0 saturated heterocycles. The van der Waals surface area contributed by atoms with Gasteiger partial charge in [0.1, 0.15) is 0 Å². The van der Waals surface area contributed by atoms with E-state index >= 15 is 0 Å². The number of hydrogen-bond donors (Lipinski definition) is 0. The predicted octanol–water partition coefficient (Wildman–Crippen LogP) is 1.06. The fraction of sp³-hybridized carbons (Fsp3) is 0.833. The van der Waals surface area contributed by atoms with Crippen molar-refractivity contribution in [1.29, 1.82) is 0 Å². The average molecular weight is 180 g/mol. The molecule has 1 unspecified atom stereocenters. The lowest BCUT2D eigenvalue weighted by Crippen LogP contribution is -2.00. The van der Waals surface area contributed by atoms with Crippen LogP contribution < -0.4 is 0 Å². The molecule has 0 aliphatic rings. The Morgan fingerprint density at radius 3 is 2.55 bits per heavy atom. The van der Waals surface area contributed by atoms with Crippen molar-refractivity contribution in [3.05, 3.63) is 0 Å². The van der Waals surface area contributed by atoms with E-state index in [1.807, 2.05) is 0 Å². The smallest absolute Gasteiger partial charge is 0.305 e. The fourth-order valence-corrected chi connectivity index (χ4v) is 1.25. The number of rotatable bonds is 5. The fourth-order valence-electron chi connectivity index (χ4n) is 0.581. The first-order valence-corrected chi connectivity index (χ1v) is 4.86. The molecule has 66 valence electrons. The van der Waals surface area contributed by atoms with Crippen molar-refractivity contribution in [2.75, 3.05) is 20.4 Å². The highest BCUT2D eigenvalue weighted by molar-refractivity contribution is 7.39. The maximum atomic E-state index is 10.7. The minimum Gasteiger partial charge on any atom is -0.469 e. The van der Waals surface area contributed by atoms with E-state index in [4.69, 9.17) is 0 Å². The number of esters is 1. The lowest BCUT2D eigenvalue weighted by Gasteiger charge is -1.98. The quantitative estimate of drug-likeness (QED) is 0.469. The Hall–Kier alpha value is -0.340. The first-order chi connectivity index (χ1) is 5.20. The topological polar surface area (TPSA) is 52.6 Å². The van der Waals surface area contributed by atoms with Crippen LogP contribution in [-0.2, 0) is 18.6 Å². The zero-order valence-electron chi connectivity index (χ0n) is 6.75. The standard InChI is InChI=1S/C6H13O4P/c1-9-6(7)4-3-5-11(8)10-2/h11H,3-5H2,1-2H3. The molecule has 0 heterocycles. The van der Waals surface area contributed by atoms with Crippen molar-refractivity contribution in [3.63, 3.8) is 0 Å². The molecule has 0 bridgehead atoms. The summed E-state index contributed by atoms with van der Waals surface area (Å²) in [7, 11) is 0.847. The molecular formula is C6H13O4P. The number of methoxy groups -OCH3 is 1. The lowest BCUT2D eigenvalue weighted by atomic mass is 10.3. The number of carbonyl (C=O) groups is 1. The molecular weight excluding hydrogens is 167 g/mol. The van der Waals surface area contributed by atoms with E-state index < -0.39 is 8.03 Å². The molecule has 11 heavy (non-hydrogen) atoms. The highest BCUT2D eigenvalue weighted by Crippen LogP contribution is 2.21. The lowest BCUT2D eigenvalue weighted by molar-refractivity contribution is -0.140. The van der Waals surface area contributed by atoms with Gasteiger partial charge in [-0.05, 0) is 6.42 Å². The Balaban J connectivity index is 3.27. The molecule has 0 N–H and O–H groups in total. The molecule has 0 saturated carbocycles. The Morgan fingerprint density at radius 2 is 2.09 bits per heavy atom. The Kier molecular flexibility index (Phi) is 6.18. The second-order valence-corrected chi connectivity index (χ2v) is 3.66. The summed E-state index contributed by atoms with van der Waals surface area (Å²) in [4.78, 5) is 10.5. The molecule has 5 heteroatoms. The number of hydrogen-bond acceptors (Lipinski definition) is 4. The summed E-state index contributed by atoms with van der Waals surface area (Å²) in [6.07, 6.45) is 1.34. The molecule has 0 aliphatic carbocycles. The molecule has 0 radical (unpaired) electrons. The minimum absolute atomic E-state index is 0.268. The third kappa shape index (κ3) is 6.07. The molecule has 0 fully saturated rings. The van der Waals surface area contributed by atoms with E-state index in [9.17, 15) is 9.36 Å². The second-order valence-electron chi connectivity index (χ2n) is 2.01. The van der Waals surface area contributed by atoms with E-state index in [1.54, 1.807) is 0 Å².